The van der Waals surface area contributed by atoms with Crippen LogP contribution in [0.25, 0.3) is 10.9 Å². The van der Waals surface area contributed by atoms with Crippen molar-refractivity contribution in [2.24, 2.45) is 12.8 Å². The summed E-state index contributed by atoms with van der Waals surface area (Å²) >= 11 is 6.29. The number of nitrogens with two attached hydrogens (primary N) is 1. The van der Waals surface area contributed by atoms with Gasteiger partial charge in [-0.1, -0.05) is 48.0 Å². The van der Waals surface area contributed by atoms with Crippen LogP contribution in [0.15, 0.2) is 48.5 Å². The lowest BCUT2D eigenvalue weighted by molar-refractivity contribution is 0.483. The Bertz CT molecular complexity index is 790. The van der Waals surface area contributed by atoms with E-state index in [-0.39, 0.29) is 0 Å². The van der Waals surface area contributed by atoms with E-state index in [4.69, 9.17) is 17.3 Å². The first-order chi connectivity index (χ1) is 9.99. The van der Waals surface area contributed by atoms with Crippen LogP contribution in [0, 0.1) is 0 Å². The standard InChI is InChI=1S/C17H18ClN3/c1-17(19,13-8-4-5-9-14(13)18)11-15-12-7-3-6-10-16(12)21(2)20-15/h3-10H,11,19H2,1-2H3. The summed E-state index contributed by atoms with van der Waals surface area (Å²) in [4.78, 5) is 0. The molecule has 1 unspecified atom stereocenters. The lowest BCUT2D eigenvalue weighted by Crippen LogP contribution is -2.36. The van der Waals surface area contributed by atoms with Crippen LogP contribution in [-0.2, 0) is 19.0 Å². The van der Waals surface area contributed by atoms with E-state index in [0.717, 1.165) is 22.2 Å². The van der Waals surface area contributed by atoms with E-state index >= 15 is 0 Å². The number of fused-ring (bicyclic) bond motifs is 1. The second-order valence-corrected chi connectivity index (χ2v) is 6.07. The predicted octanol–water partition coefficient (Wildman–Crippen LogP) is 3.64. The molecule has 2 aromatic carbocycles. The third-order valence-electron chi connectivity index (χ3n) is 3.86. The summed E-state index contributed by atoms with van der Waals surface area (Å²) in [5.41, 5.74) is 9.03. The van der Waals surface area contributed by atoms with Gasteiger partial charge in [-0.05, 0) is 24.6 Å². The van der Waals surface area contributed by atoms with Crippen LogP contribution in [0.2, 0.25) is 5.02 Å². The van der Waals surface area contributed by atoms with Crippen LogP contribution in [0.5, 0.6) is 0 Å². The molecule has 1 heterocycles. The molecule has 21 heavy (non-hydrogen) atoms. The van der Waals surface area contributed by atoms with Gasteiger partial charge in [0, 0.05) is 29.4 Å². The highest BCUT2D eigenvalue weighted by molar-refractivity contribution is 6.31. The first-order valence-electron chi connectivity index (χ1n) is 6.93. The number of hydrogen-bond acceptors (Lipinski definition) is 2. The number of aryl methyl sites for hydroxylation is 1. The zero-order chi connectivity index (χ0) is 15.0. The van der Waals surface area contributed by atoms with Crippen LogP contribution in [-0.4, -0.2) is 9.78 Å². The molecule has 1 aromatic heterocycles. The second-order valence-electron chi connectivity index (χ2n) is 5.66. The van der Waals surface area contributed by atoms with Gasteiger partial charge in [0.1, 0.15) is 0 Å². The van der Waals surface area contributed by atoms with E-state index in [1.54, 1.807) is 0 Å². The van der Waals surface area contributed by atoms with Gasteiger partial charge in [0.2, 0.25) is 0 Å². The Morgan fingerprint density at radius 2 is 1.81 bits per heavy atom. The molecule has 0 aliphatic carbocycles. The summed E-state index contributed by atoms with van der Waals surface area (Å²) in [6.45, 7) is 2.00. The van der Waals surface area contributed by atoms with Crippen molar-refractivity contribution in [3.8, 4) is 0 Å². The summed E-state index contributed by atoms with van der Waals surface area (Å²) in [7, 11) is 1.95. The molecule has 3 nitrogen and oxygen atoms in total. The van der Waals surface area contributed by atoms with Crippen molar-refractivity contribution in [1.29, 1.82) is 0 Å². The molecule has 0 amide bonds. The number of nitrogens with zero attached hydrogens (tertiary/aromatic N) is 2. The predicted molar refractivity (Wildman–Crippen MR) is 87.4 cm³/mol. The Labute approximate surface area is 129 Å². The minimum atomic E-state index is -0.560. The average Bonchev–Trinajstić information content (AvgIpc) is 2.76. The number of para-hydroxylation sites is 1. The Balaban J connectivity index is 2.04. The number of aromatic nitrogens is 2. The lowest BCUT2D eigenvalue weighted by atomic mass is 9.87. The van der Waals surface area contributed by atoms with E-state index in [1.165, 1.54) is 0 Å². The maximum Gasteiger partial charge on any atom is 0.0724 e. The molecule has 0 saturated heterocycles. The first kappa shape index (κ1) is 14.1. The van der Waals surface area contributed by atoms with Crippen molar-refractivity contribution in [3.05, 3.63) is 64.8 Å². The van der Waals surface area contributed by atoms with Gasteiger partial charge in [-0.3, -0.25) is 4.68 Å². The fraction of sp³-hybridized carbons (Fsp3) is 0.235. The maximum atomic E-state index is 6.54. The first-order valence-corrected chi connectivity index (χ1v) is 7.31. The van der Waals surface area contributed by atoms with Gasteiger partial charge in [-0.25, -0.2) is 0 Å². The minimum absolute atomic E-state index is 0.560. The van der Waals surface area contributed by atoms with Crippen LogP contribution in [0.1, 0.15) is 18.2 Å². The zero-order valence-corrected chi connectivity index (χ0v) is 12.9. The van der Waals surface area contributed by atoms with Gasteiger partial charge < -0.3 is 5.73 Å². The molecule has 0 spiro atoms. The lowest BCUT2D eigenvalue weighted by Gasteiger charge is -2.25. The Kier molecular flexibility index (Phi) is 3.47. The Morgan fingerprint density at radius 3 is 2.57 bits per heavy atom. The average molecular weight is 300 g/mol. The number of halogens is 1. The smallest absolute Gasteiger partial charge is 0.0724 e. The highest BCUT2D eigenvalue weighted by Gasteiger charge is 2.26. The Hall–Kier alpha value is -1.84. The molecule has 3 aromatic rings. The molecule has 0 bridgehead atoms. The maximum absolute atomic E-state index is 6.54. The van der Waals surface area contributed by atoms with Gasteiger partial charge in [0.05, 0.1) is 11.2 Å². The molecule has 108 valence electrons. The van der Waals surface area contributed by atoms with Crippen molar-refractivity contribution >= 4 is 22.5 Å². The van der Waals surface area contributed by atoms with Gasteiger partial charge in [-0.2, -0.15) is 5.10 Å². The SMILES string of the molecule is Cn1nc(CC(C)(N)c2ccccc2Cl)c2ccccc21. The molecule has 4 heteroatoms. The molecule has 0 aliphatic heterocycles. The van der Waals surface area contributed by atoms with E-state index < -0.39 is 5.54 Å². The van der Waals surface area contributed by atoms with E-state index in [1.807, 2.05) is 55.1 Å². The number of hydrogen-bond donors (Lipinski definition) is 1. The summed E-state index contributed by atoms with van der Waals surface area (Å²) in [5, 5.41) is 6.46. The van der Waals surface area contributed by atoms with Crippen molar-refractivity contribution in [2.75, 3.05) is 0 Å². The molecule has 3 rings (SSSR count). The molecule has 0 aliphatic rings. The third kappa shape index (κ3) is 2.55. The second kappa shape index (κ2) is 5.17. The summed E-state index contributed by atoms with van der Waals surface area (Å²) in [5.74, 6) is 0. The molecular formula is C17H18ClN3. The molecule has 0 radical (unpaired) electrons. The van der Waals surface area contributed by atoms with Crippen molar-refractivity contribution in [3.63, 3.8) is 0 Å². The van der Waals surface area contributed by atoms with Gasteiger partial charge >= 0.3 is 0 Å². The third-order valence-corrected chi connectivity index (χ3v) is 4.19. The van der Waals surface area contributed by atoms with Crippen molar-refractivity contribution < 1.29 is 0 Å². The topological polar surface area (TPSA) is 43.8 Å². The molecule has 1 atom stereocenters. The normalized spacial score (nSPS) is 14.3. The summed E-state index contributed by atoms with van der Waals surface area (Å²) in [6, 6.07) is 15.9. The monoisotopic (exact) mass is 299 g/mol. The zero-order valence-electron chi connectivity index (χ0n) is 12.2. The van der Waals surface area contributed by atoms with Crippen LogP contribution >= 0.6 is 11.6 Å². The number of rotatable bonds is 3. The molecule has 0 fully saturated rings. The fourth-order valence-electron chi connectivity index (χ4n) is 2.79. The summed E-state index contributed by atoms with van der Waals surface area (Å²) in [6.07, 6.45) is 0.637. The Morgan fingerprint density at radius 1 is 1.14 bits per heavy atom. The van der Waals surface area contributed by atoms with Crippen LogP contribution < -0.4 is 5.73 Å². The largest absolute Gasteiger partial charge is 0.321 e. The van der Waals surface area contributed by atoms with Crippen LogP contribution in [0.3, 0.4) is 0 Å². The van der Waals surface area contributed by atoms with Crippen LogP contribution in [0.4, 0.5) is 0 Å². The molecule has 0 saturated carbocycles. The molecule has 2 N–H and O–H groups in total. The quantitative estimate of drug-likeness (QED) is 0.802. The van der Waals surface area contributed by atoms with E-state index in [2.05, 4.69) is 17.2 Å². The van der Waals surface area contributed by atoms with Gasteiger partial charge in [0.15, 0.2) is 0 Å². The van der Waals surface area contributed by atoms with E-state index in [0.29, 0.717) is 11.4 Å². The highest BCUT2D eigenvalue weighted by atomic mass is 35.5. The fourth-order valence-corrected chi connectivity index (χ4v) is 3.14. The summed E-state index contributed by atoms with van der Waals surface area (Å²) < 4.78 is 1.90. The van der Waals surface area contributed by atoms with Crippen molar-refractivity contribution in [2.45, 2.75) is 18.9 Å². The highest BCUT2D eigenvalue weighted by Crippen LogP contribution is 2.30. The number of benzene rings is 2. The van der Waals surface area contributed by atoms with Crippen molar-refractivity contribution in [1.82, 2.24) is 9.78 Å². The van der Waals surface area contributed by atoms with Gasteiger partial charge in [0.25, 0.3) is 0 Å². The van der Waals surface area contributed by atoms with E-state index in [9.17, 15) is 0 Å². The minimum Gasteiger partial charge on any atom is -0.321 e. The molecular weight excluding hydrogens is 282 g/mol. The van der Waals surface area contributed by atoms with Gasteiger partial charge in [-0.15, -0.1) is 0 Å².